The van der Waals surface area contributed by atoms with Gasteiger partial charge in [0, 0.05) is 22.5 Å². The van der Waals surface area contributed by atoms with Crippen LogP contribution in [0.5, 0.6) is 0 Å². The van der Waals surface area contributed by atoms with Crippen LogP contribution in [-0.4, -0.2) is 0 Å². The smallest absolute Gasteiger partial charge is 0.0468 e. The first-order chi connectivity index (χ1) is 29.5. The number of nitrogens with zero attached hydrogens (tertiary/aromatic N) is 1. The molecule has 60 heavy (non-hydrogen) atoms. The van der Waals surface area contributed by atoms with Crippen molar-refractivity contribution in [1.29, 1.82) is 0 Å². The SMILES string of the molecule is CC1(C)c2cc(-c3ccc(-c4ccc(-c5ccccc5)cc4)cc3)ccc2-c2ccc(N(c3ccc(-c4ccc5ccccc5c4)cc3)c3ccc4ccccc4c3)cc21. The van der Waals surface area contributed by atoms with Crippen LogP contribution in [0.1, 0.15) is 25.0 Å². The molecule has 0 aliphatic heterocycles. The van der Waals surface area contributed by atoms with Crippen molar-refractivity contribution in [3.63, 3.8) is 0 Å². The summed E-state index contributed by atoms with van der Waals surface area (Å²) in [7, 11) is 0. The molecule has 284 valence electrons. The maximum atomic E-state index is 2.43. The topological polar surface area (TPSA) is 3.24 Å². The lowest BCUT2D eigenvalue weighted by Gasteiger charge is -2.28. The van der Waals surface area contributed by atoms with E-state index >= 15 is 0 Å². The van der Waals surface area contributed by atoms with Crippen molar-refractivity contribution in [3.05, 3.63) is 236 Å². The van der Waals surface area contributed by atoms with Crippen molar-refractivity contribution >= 4 is 38.6 Å². The molecule has 0 fully saturated rings. The Morgan fingerprint density at radius 1 is 0.267 bits per heavy atom. The molecule has 1 heteroatoms. The van der Waals surface area contributed by atoms with E-state index in [2.05, 4.69) is 243 Å². The van der Waals surface area contributed by atoms with Gasteiger partial charge in [-0.25, -0.2) is 0 Å². The zero-order chi connectivity index (χ0) is 40.2. The third kappa shape index (κ3) is 6.27. The van der Waals surface area contributed by atoms with E-state index in [0.29, 0.717) is 0 Å². The summed E-state index contributed by atoms with van der Waals surface area (Å²) in [5.41, 5.74) is 18.4. The van der Waals surface area contributed by atoms with Gasteiger partial charge in [-0.05, 0) is 137 Å². The Morgan fingerprint density at radius 2 is 0.633 bits per heavy atom. The zero-order valence-electron chi connectivity index (χ0n) is 33.8. The monoisotopic (exact) mass is 765 g/mol. The van der Waals surface area contributed by atoms with Gasteiger partial charge in [-0.3, -0.25) is 0 Å². The Hall–Kier alpha value is -7.48. The Bertz CT molecular complexity index is 3190. The van der Waals surface area contributed by atoms with Gasteiger partial charge in [0.15, 0.2) is 0 Å². The van der Waals surface area contributed by atoms with E-state index in [-0.39, 0.29) is 5.41 Å². The number of benzene rings is 10. The molecule has 10 aromatic carbocycles. The Morgan fingerprint density at radius 3 is 1.25 bits per heavy atom. The number of fused-ring (bicyclic) bond motifs is 5. The summed E-state index contributed by atoms with van der Waals surface area (Å²) in [6.45, 7) is 4.76. The van der Waals surface area contributed by atoms with E-state index in [1.165, 1.54) is 88.3 Å². The summed E-state index contributed by atoms with van der Waals surface area (Å²) in [5, 5.41) is 4.98. The molecular weight excluding hydrogens is 723 g/mol. The lowest BCUT2D eigenvalue weighted by atomic mass is 9.81. The standard InChI is InChI=1S/C59H43N/c1-59(2)57-38-51(46-22-20-45(21-23-46)44-18-16-43(17-19-44)40-10-4-3-5-11-40)29-34-55(57)56-35-33-54(39-58(56)59)60(53-32-28-42-13-7-9-15-49(42)37-53)52-30-26-47(27-31-52)50-25-24-41-12-6-8-14-48(41)36-50/h3-39H,1-2H3. The van der Waals surface area contributed by atoms with Gasteiger partial charge in [0.1, 0.15) is 0 Å². The molecule has 10 aromatic rings. The first kappa shape index (κ1) is 35.7. The average Bonchev–Trinajstić information content (AvgIpc) is 3.54. The molecule has 0 radical (unpaired) electrons. The molecule has 11 rings (SSSR count). The summed E-state index contributed by atoms with van der Waals surface area (Å²) >= 11 is 0. The fraction of sp³-hybridized carbons (Fsp3) is 0.0508. The third-order valence-corrected chi connectivity index (χ3v) is 12.7. The highest BCUT2D eigenvalue weighted by molar-refractivity contribution is 5.92. The van der Waals surface area contributed by atoms with Gasteiger partial charge in [0.25, 0.3) is 0 Å². The van der Waals surface area contributed by atoms with E-state index < -0.39 is 0 Å². The van der Waals surface area contributed by atoms with Gasteiger partial charge in [0.05, 0.1) is 0 Å². The Balaban J connectivity index is 0.922. The van der Waals surface area contributed by atoms with Crippen molar-refractivity contribution < 1.29 is 0 Å². The maximum Gasteiger partial charge on any atom is 0.0468 e. The van der Waals surface area contributed by atoms with E-state index in [4.69, 9.17) is 0 Å². The first-order valence-electron chi connectivity index (χ1n) is 20.9. The summed E-state index contributed by atoms with van der Waals surface area (Å²) in [4.78, 5) is 2.41. The zero-order valence-corrected chi connectivity index (χ0v) is 33.8. The highest BCUT2D eigenvalue weighted by atomic mass is 15.1. The van der Waals surface area contributed by atoms with E-state index in [1.54, 1.807) is 0 Å². The van der Waals surface area contributed by atoms with Crippen molar-refractivity contribution in [3.8, 4) is 55.6 Å². The predicted molar refractivity (Wildman–Crippen MR) is 255 cm³/mol. The molecule has 0 atom stereocenters. The van der Waals surface area contributed by atoms with Crippen molar-refractivity contribution in [1.82, 2.24) is 0 Å². The molecule has 0 unspecified atom stereocenters. The highest BCUT2D eigenvalue weighted by Crippen LogP contribution is 2.52. The fourth-order valence-electron chi connectivity index (χ4n) is 9.32. The number of hydrogen-bond acceptors (Lipinski definition) is 1. The molecule has 0 aromatic heterocycles. The first-order valence-corrected chi connectivity index (χ1v) is 20.9. The molecule has 0 bridgehead atoms. The second-order valence-corrected chi connectivity index (χ2v) is 16.6. The van der Waals surface area contributed by atoms with Crippen molar-refractivity contribution in [2.75, 3.05) is 4.90 Å². The van der Waals surface area contributed by atoms with Crippen LogP contribution >= 0.6 is 0 Å². The second kappa shape index (κ2) is 14.4. The molecule has 1 aliphatic rings. The predicted octanol–water partition coefficient (Wildman–Crippen LogP) is 16.4. The van der Waals surface area contributed by atoms with Gasteiger partial charge in [-0.15, -0.1) is 0 Å². The molecule has 0 heterocycles. The molecule has 0 saturated heterocycles. The number of hydrogen-bond donors (Lipinski definition) is 0. The van der Waals surface area contributed by atoms with E-state index in [9.17, 15) is 0 Å². The minimum Gasteiger partial charge on any atom is -0.310 e. The van der Waals surface area contributed by atoms with Gasteiger partial charge >= 0.3 is 0 Å². The van der Waals surface area contributed by atoms with Gasteiger partial charge < -0.3 is 4.90 Å². The van der Waals surface area contributed by atoms with Gasteiger partial charge in [-0.1, -0.05) is 190 Å². The van der Waals surface area contributed by atoms with E-state index in [0.717, 1.165) is 17.1 Å². The third-order valence-electron chi connectivity index (χ3n) is 12.7. The van der Waals surface area contributed by atoms with Crippen molar-refractivity contribution in [2.45, 2.75) is 19.3 Å². The molecule has 0 N–H and O–H groups in total. The highest BCUT2D eigenvalue weighted by Gasteiger charge is 2.36. The van der Waals surface area contributed by atoms with Crippen LogP contribution in [0.3, 0.4) is 0 Å². The van der Waals surface area contributed by atoms with Crippen LogP contribution in [0.4, 0.5) is 17.1 Å². The molecule has 1 aliphatic carbocycles. The van der Waals surface area contributed by atoms with Crippen LogP contribution in [0, 0.1) is 0 Å². The lowest BCUT2D eigenvalue weighted by molar-refractivity contribution is 0.660. The minimum absolute atomic E-state index is 0.188. The number of rotatable bonds is 7. The molecule has 0 saturated carbocycles. The van der Waals surface area contributed by atoms with E-state index in [1.807, 2.05) is 0 Å². The van der Waals surface area contributed by atoms with Crippen LogP contribution in [0.2, 0.25) is 0 Å². The normalized spacial score (nSPS) is 12.6. The van der Waals surface area contributed by atoms with Crippen LogP contribution in [-0.2, 0) is 5.41 Å². The maximum absolute atomic E-state index is 2.43. The van der Waals surface area contributed by atoms with Crippen LogP contribution in [0.15, 0.2) is 224 Å². The molecule has 0 spiro atoms. The van der Waals surface area contributed by atoms with Gasteiger partial charge in [0.2, 0.25) is 0 Å². The number of anilines is 3. The lowest BCUT2D eigenvalue weighted by Crippen LogP contribution is -2.16. The second-order valence-electron chi connectivity index (χ2n) is 16.6. The largest absolute Gasteiger partial charge is 0.310 e. The summed E-state index contributed by atoms with van der Waals surface area (Å²) in [5.74, 6) is 0. The van der Waals surface area contributed by atoms with Crippen LogP contribution < -0.4 is 4.90 Å². The van der Waals surface area contributed by atoms with Gasteiger partial charge in [-0.2, -0.15) is 0 Å². The Kier molecular flexibility index (Phi) is 8.57. The fourth-order valence-corrected chi connectivity index (χ4v) is 9.32. The molecular formula is C59H43N. The quantitative estimate of drug-likeness (QED) is 0.156. The van der Waals surface area contributed by atoms with Crippen LogP contribution in [0.25, 0.3) is 77.2 Å². The average molecular weight is 766 g/mol. The Labute approximate surface area is 352 Å². The summed E-state index contributed by atoms with van der Waals surface area (Å²) < 4.78 is 0. The summed E-state index contributed by atoms with van der Waals surface area (Å²) in [6, 6.07) is 82.4. The summed E-state index contributed by atoms with van der Waals surface area (Å²) in [6.07, 6.45) is 0. The molecule has 0 amide bonds. The van der Waals surface area contributed by atoms with Crippen molar-refractivity contribution in [2.24, 2.45) is 0 Å². The molecule has 1 nitrogen and oxygen atoms in total. The minimum atomic E-state index is -0.188.